The Morgan fingerprint density at radius 1 is 1.11 bits per heavy atom. The summed E-state index contributed by atoms with van der Waals surface area (Å²) in [6.07, 6.45) is 2.76. The van der Waals surface area contributed by atoms with E-state index in [2.05, 4.69) is 0 Å². The average molecular weight is 262 g/mol. The lowest BCUT2D eigenvalue weighted by Gasteiger charge is -2.15. The molecule has 4 nitrogen and oxygen atoms in total. The Morgan fingerprint density at radius 2 is 1.78 bits per heavy atom. The van der Waals surface area contributed by atoms with Gasteiger partial charge in [0.1, 0.15) is 0 Å². The topological polar surface area (TPSA) is 68.3 Å². The molecule has 0 N–H and O–H groups in total. The van der Waals surface area contributed by atoms with Gasteiger partial charge in [0.05, 0.1) is 10.6 Å². The molecule has 1 aliphatic carbocycles. The number of hydrogen-bond donors (Lipinski definition) is 0. The molecule has 1 heterocycles. The van der Waals surface area contributed by atoms with Gasteiger partial charge in [-0.05, 0) is 42.7 Å². The van der Waals surface area contributed by atoms with Crippen molar-refractivity contribution < 1.29 is 18.0 Å². The van der Waals surface area contributed by atoms with Crippen LogP contribution in [-0.2, 0) is 16.3 Å². The standard InChI is InChI=1S/C13H10O4S/c1-7-6-9-10(14)2-3-11(15)12(9)8-4-5-18(16,17)13(7)8/h2-3,6H,4-5H2,1H3. The fraction of sp³-hybridized carbons (Fsp3) is 0.231. The summed E-state index contributed by atoms with van der Waals surface area (Å²) in [5.41, 5.74) is 1.69. The van der Waals surface area contributed by atoms with Crippen molar-refractivity contribution in [1.82, 2.24) is 0 Å². The van der Waals surface area contributed by atoms with E-state index in [0.717, 1.165) is 0 Å². The first kappa shape index (κ1) is 11.3. The summed E-state index contributed by atoms with van der Waals surface area (Å²) in [6.45, 7) is 1.66. The van der Waals surface area contributed by atoms with E-state index >= 15 is 0 Å². The molecule has 0 unspecified atom stereocenters. The van der Waals surface area contributed by atoms with E-state index in [1.54, 1.807) is 6.92 Å². The Balaban J connectivity index is 2.45. The summed E-state index contributed by atoms with van der Waals surface area (Å²) in [4.78, 5) is 23.9. The van der Waals surface area contributed by atoms with Crippen molar-refractivity contribution >= 4 is 21.4 Å². The molecule has 1 aromatic rings. The smallest absolute Gasteiger partial charge is 0.187 e. The Hall–Kier alpha value is -1.75. The summed E-state index contributed by atoms with van der Waals surface area (Å²) in [5, 5.41) is 0. The molecule has 0 saturated carbocycles. The third-order valence-corrected chi connectivity index (χ3v) is 5.33. The first-order valence-electron chi connectivity index (χ1n) is 5.58. The van der Waals surface area contributed by atoms with Crippen LogP contribution in [0.15, 0.2) is 23.1 Å². The molecule has 5 heteroatoms. The van der Waals surface area contributed by atoms with E-state index in [4.69, 9.17) is 0 Å². The zero-order chi connectivity index (χ0) is 13.1. The van der Waals surface area contributed by atoms with Crippen LogP contribution >= 0.6 is 0 Å². The van der Waals surface area contributed by atoms with Gasteiger partial charge in [-0.2, -0.15) is 0 Å². The van der Waals surface area contributed by atoms with Crippen molar-refractivity contribution in [3.8, 4) is 0 Å². The van der Waals surface area contributed by atoms with Crippen LogP contribution in [0.1, 0.15) is 31.8 Å². The van der Waals surface area contributed by atoms with Crippen molar-refractivity contribution in [2.45, 2.75) is 18.2 Å². The van der Waals surface area contributed by atoms with Gasteiger partial charge in [-0.25, -0.2) is 8.42 Å². The number of ketones is 2. The van der Waals surface area contributed by atoms with E-state index in [1.165, 1.54) is 18.2 Å². The van der Waals surface area contributed by atoms with Crippen LogP contribution in [-0.4, -0.2) is 25.7 Å². The third-order valence-electron chi connectivity index (χ3n) is 3.39. The van der Waals surface area contributed by atoms with Crippen LogP contribution in [0.5, 0.6) is 0 Å². The maximum Gasteiger partial charge on any atom is 0.187 e. The summed E-state index contributed by atoms with van der Waals surface area (Å²) >= 11 is 0. The van der Waals surface area contributed by atoms with E-state index < -0.39 is 9.84 Å². The number of benzene rings is 1. The Bertz CT molecular complexity index is 739. The molecule has 0 bridgehead atoms. The van der Waals surface area contributed by atoms with Crippen LogP contribution in [0.2, 0.25) is 0 Å². The minimum Gasteiger partial charge on any atom is -0.289 e. The molecule has 18 heavy (non-hydrogen) atoms. The summed E-state index contributed by atoms with van der Waals surface area (Å²) < 4.78 is 23.9. The molecule has 0 amide bonds. The fourth-order valence-electron chi connectivity index (χ4n) is 2.68. The predicted octanol–water partition coefficient (Wildman–Crippen LogP) is 1.26. The van der Waals surface area contributed by atoms with E-state index in [1.807, 2.05) is 0 Å². The third kappa shape index (κ3) is 1.34. The summed E-state index contributed by atoms with van der Waals surface area (Å²) in [6, 6.07) is 1.51. The molecular weight excluding hydrogens is 252 g/mol. The van der Waals surface area contributed by atoms with Crippen molar-refractivity contribution in [1.29, 1.82) is 0 Å². The average Bonchev–Trinajstić information content (AvgIpc) is 2.61. The highest BCUT2D eigenvalue weighted by molar-refractivity contribution is 7.91. The summed E-state index contributed by atoms with van der Waals surface area (Å²) in [7, 11) is -3.30. The number of hydrogen-bond acceptors (Lipinski definition) is 4. The second-order valence-corrected chi connectivity index (χ2v) is 6.60. The lowest BCUT2D eigenvalue weighted by molar-refractivity contribution is 0.0993. The maximum atomic E-state index is 11.9. The second-order valence-electron chi connectivity index (χ2n) is 4.55. The molecule has 0 spiro atoms. The SMILES string of the molecule is Cc1cc2c(c3c1S(=O)(=O)CC3)C(=O)C=CC2=O. The number of rotatable bonds is 0. The van der Waals surface area contributed by atoms with Crippen LogP contribution in [0.25, 0.3) is 0 Å². The Labute approximate surface area is 104 Å². The molecule has 0 radical (unpaired) electrons. The molecule has 0 saturated heterocycles. The number of aryl methyl sites for hydroxylation is 1. The number of carbonyl (C=O) groups is 2. The lowest BCUT2D eigenvalue weighted by Crippen LogP contribution is -2.15. The molecule has 0 aromatic heterocycles. The molecular formula is C13H10O4S. The van der Waals surface area contributed by atoms with Gasteiger partial charge in [0.2, 0.25) is 0 Å². The minimum absolute atomic E-state index is 0.0187. The van der Waals surface area contributed by atoms with E-state index in [-0.39, 0.29) is 27.8 Å². The first-order chi connectivity index (χ1) is 8.42. The molecule has 3 rings (SSSR count). The molecule has 92 valence electrons. The van der Waals surface area contributed by atoms with Crippen LogP contribution in [0, 0.1) is 6.92 Å². The first-order valence-corrected chi connectivity index (χ1v) is 7.23. The molecule has 0 fully saturated rings. The molecule has 1 aromatic carbocycles. The number of allylic oxidation sites excluding steroid dienone is 2. The van der Waals surface area contributed by atoms with Crippen LogP contribution < -0.4 is 0 Å². The van der Waals surface area contributed by atoms with Crippen molar-refractivity contribution in [2.24, 2.45) is 0 Å². The zero-order valence-electron chi connectivity index (χ0n) is 9.69. The predicted molar refractivity (Wildman–Crippen MR) is 64.7 cm³/mol. The normalized spacial score (nSPS) is 19.8. The Morgan fingerprint density at radius 3 is 2.50 bits per heavy atom. The van der Waals surface area contributed by atoms with Gasteiger partial charge in [0, 0.05) is 11.1 Å². The molecule has 0 atom stereocenters. The summed E-state index contributed by atoms with van der Waals surface area (Å²) in [5.74, 6) is -0.497. The maximum absolute atomic E-state index is 11.9. The van der Waals surface area contributed by atoms with Gasteiger partial charge in [-0.1, -0.05) is 0 Å². The fourth-order valence-corrected chi connectivity index (χ4v) is 4.48. The van der Waals surface area contributed by atoms with Crippen LogP contribution in [0.4, 0.5) is 0 Å². The van der Waals surface area contributed by atoms with Crippen molar-refractivity contribution in [3.63, 3.8) is 0 Å². The van der Waals surface area contributed by atoms with Crippen molar-refractivity contribution in [2.75, 3.05) is 5.75 Å². The van der Waals surface area contributed by atoms with Crippen LogP contribution in [0.3, 0.4) is 0 Å². The van der Waals surface area contributed by atoms with Gasteiger partial charge in [-0.15, -0.1) is 0 Å². The van der Waals surface area contributed by atoms with Gasteiger partial charge in [-0.3, -0.25) is 9.59 Å². The quantitative estimate of drug-likeness (QED) is 0.706. The highest BCUT2D eigenvalue weighted by atomic mass is 32.2. The second kappa shape index (κ2) is 3.38. The number of fused-ring (bicyclic) bond motifs is 3. The molecule has 2 aliphatic rings. The van der Waals surface area contributed by atoms with Gasteiger partial charge in [0.15, 0.2) is 21.4 Å². The lowest BCUT2D eigenvalue weighted by atomic mass is 9.88. The van der Waals surface area contributed by atoms with Gasteiger partial charge < -0.3 is 0 Å². The highest BCUT2D eigenvalue weighted by Gasteiger charge is 2.35. The minimum atomic E-state index is -3.30. The number of carbonyl (C=O) groups excluding carboxylic acids is 2. The highest BCUT2D eigenvalue weighted by Crippen LogP contribution is 2.35. The van der Waals surface area contributed by atoms with Crippen molar-refractivity contribution in [3.05, 3.63) is 40.5 Å². The van der Waals surface area contributed by atoms with E-state index in [9.17, 15) is 18.0 Å². The van der Waals surface area contributed by atoms with E-state index in [0.29, 0.717) is 23.1 Å². The largest absolute Gasteiger partial charge is 0.289 e. The zero-order valence-corrected chi connectivity index (χ0v) is 10.5. The molecule has 1 aliphatic heterocycles. The van der Waals surface area contributed by atoms with Gasteiger partial charge >= 0.3 is 0 Å². The monoisotopic (exact) mass is 262 g/mol. The Kier molecular flexibility index (Phi) is 2.13. The number of sulfone groups is 1. The van der Waals surface area contributed by atoms with Gasteiger partial charge in [0.25, 0.3) is 0 Å².